The van der Waals surface area contributed by atoms with Gasteiger partial charge in [-0.05, 0) is 39.1 Å². The Morgan fingerprint density at radius 1 is 1.19 bits per heavy atom. The minimum Gasteiger partial charge on any atom is -0.397 e. The third-order valence-corrected chi connectivity index (χ3v) is 6.88. The smallest absolute Gasteiger partial charge is 0.240 e. The average Bonchev–Trinajstić information content (AvgIpc) is 2.36. The number of nitrogen functional groups attached to an aromatic ring is 1. The molecule has 0 spiro atoms. The van der Waals surface area contributed by atoms with Crippen LogP contribution in [-0.2, 0) is 19.9 Å². The molecule has 0 aliphatic heterocycles. The maximum atomic E-state index is 11.7. The lowest BCUT2D eigenvalue weighted by Crippen LogP contribution is -2.38. The zero-order valence-corrected chi connectivity index (χ0v) is 14.1. The fourth-order valence-electron chi connectivity index (χ4n) is 1.41. The molecule has 0 saturated carbocycles. The molecule has 0 saturated heterocycles. The van der Waals surface area contributed by atoms with E-state index in [9.17, 15) is 16.8 Å². The molecule has 9 heteroatoms. The molecule has 7 nitrogen and oxygen atoms in total. The number of sulfone groups is 1. The quantitative estimate of drug-likeness (QED) is 0.648. The van der Waals surface area contributed by atoms with E-state index in [0.717, 1.165) is 6.26 Å². The molecule has 0 unspecified atom stereocenters. The van der Waals surface area contributed by atoms with Crippen molar-refractivity contribution in [1.29, 1.82) is 0 Å². The van der Waals surface area contributed by atoms with Crippen molar-refractivity contribution in [1.82, 2.24) is 4.72 Å². The van der Waals surface area contributed by atoms with Crippen LogP contribution in [0.5, 0.6) is 0 Å². The lowest BCUT2D eigenvalue weighted by molar-refractivity contribution is 0.559. The summed E-state index contributed by atoms with van der Waals surface area (Å²) < 4.78 is 48.0. The Hall–Kier alpha value is -1.32. The highest BCUT2D eigenvalue weighted by atomic mass is 32.2. The van der Waals surface area contributed by atoms with E-state index in [-0.39, 0.29) is 11.4 Å². The SMILES string of the molecule is CNS(=O)(=O)c1ccc(N)c(NCC(C)(C)S(C)(=O)=O)c1. The van der Waals surface area contributed by atoms with Gasteiger partial charge in [0.05, 0.1) is 21.0 Å². The van der Waals surface area contributed by atoms with Crippen LogP contribution in [0.15, 0.2) is 23.1 Å². The minimum absolute atomic E-state index is 0.0545. The van der Waals surface area contributed by atoms with E-state index >= 15 is 0 Å². The van der Waals surface area contributed by atoms with Gasteiger partial charge in [0.1, 0.15) is 0 Å². The topological polar surface area (TPSA) is 118 Å². The van der Waals surface area contributed by atoms with E-state index in [1.807, 2.05) is 0 Å². The number of sulfonamides is 1. The zero-order chi connectivity index (χ0) is 16.5. The summed E-state index contributed by atoms with van der Waals surface area (Å²) in [6.07, 6.45) is 1.15. The maximum absolute atomic E-state index is 11.7. The molecular weight excluding hydrogens is 314 g/mol. The Labute approximate surface area is 125 Å². The van der Waals surface area contributed by atoms with Crippen molar-refractivity contribution in [2.45, 2.75) is 23.5 Å². The van der Waals surface area contributed by atoms with E-state index in [1.54, 1.807) is 13.8 Å². The third kappa shape index (κ3) is 4.08. The van der Waals surface area contributed by atoms with Crippen LogP contribution in [0.3, 0.4) is 0 Å². The van der Waals surface area contributed by atoms with Crippen LogP contribution in [0, 0.1) is 0 Å². The van der Waals surface area contributed by atoms with E-state index in [2.05, 4.69) is 10.0 Å². The van der Waals surface area contributed by atoms with Gasteiger partial charge in [-0.2, -0.15) is 0 Å². The van der Waals surface area contributed by atoms with Crippen molar-refractivity contribution < 1.29 is 16.8 Å². The van der Waals surface area contributed by atoms with Crippen molar-refractivity contribution in [3.63, 3.8) is 0 Å². The van der Waals surface area contributed by atoms with Gasteiger partial charge >= 0.3 is 0 Å². The second kappa shape index (κ2) is 5.82. The number of nitrogens with two attached hydrogens (primary N) is 1. The summed E-state index contributed by atoms with van der Waals surface area (Å²) in [5, 5.41) is 2.90. The van der Waals surface area contributed by atoms with Crippen LogP contribution in [0.1, 0.15) is 13.8 Å². The summed E-state index contributed by atoms with van der Waals surface area (Å²) in [4.78, 5) is 0.0545. The molecule has 0 atom stereocenters. The summed E-state index contributed by atoms with van der Waals surface area (Å²) in [7, 11) is -5.53. The first-order chi connectivity index (χ1) is 9.40. The van der Waals surface area contributed by atoms with Crippen molar-refractivity contribution in [2.75, 3.05) is 30.9 Å². The molecule has 0 fully saturated rings. The normalized spacial score (nSPS) is 13.1. The highest BCUT2D eigenvalue weighted by molar-refractivity contribution is 7.92. The van der Waals surface area contributed by atoms with Crippen LogP contribution in [-0.4, -0.2) is 41.4 Å². The van der Waals surface area contributed by atoms with Crippen molar-refractivity contribution in [3.05, 3.63) is 18.2 Å². The van der Waals surface area contributed by atoms with Gasteiger partial charge in [0, 0.05) is 12.8 Å². The minimum atomic E-state index is -3.58. The van der Waals surface area contributed by atoms with Crippen molar-refractivity contribution >= 4 is 31.2 Å². The van der Waals surface area contributed by atoms with E-state index in [4.69, 9.17) is 5.73 Å². The number of benzene rings is 1. The predicted octanol–water partition coefficient (Wildman–Crippen LogP) is 0.412. The summed E-state index contributed by atoms with van der Waals surface area (Å²) in [5.41, 5.74) is 6.51. The monoisotopic (exact) mass is 335 g/mol. The number of nitrogens with one attached hydrogen (secondary N) is 2. The van der Waals surface area contributed by atoms with Crippen LogP contribution in [0.25, 0.3) is 0 Å². The molecule has 21 heavy (non-hydrogen) atoms. The summed E-state index contributed by atoms with van der Waals surface area (Å²) in [6, 6.07) is 4.22. The number of hydrogen-bond donors (Lipinski definition) is 3. The molecule has 1 rings (SSSR count). The maximum Gasteiger partial charge on any atom is 0.240 e. The van der Waals surface area contributed by atoms with Crippen LogP contribution in [0.2, 0.25) is 0 Å². The summed E-state index contributed by atoms with van der Waals surface area (Å²) in [6.45, 7) is 3.28. The molecule has 0 aliphatic rings. The second-order valence-corrected chi connectivity index (χ2v) is 9.88. The Morgan fingerprint density at radius 2 is 1.76 bits per heavy atom. The molecule has 0 radical (unpaired) electrons. The number of hydrogen-bond acceptors (Lipinski definition) is 6. The van der Waals surface area contributed by atoms with Gasteiger partial charge in [-0.15, -0.1) is 0 Å². The molecule has 0 heterocycles. The lowest BCUT2D eigenvalue weighted by atomic mass is 10.2. The van der Waals surface area contributed by atoms with Gasteiger partial charge in [0.25, 0.3) is 0 Å². The Bertz CT molecular complexity index is 725. The van der Waals surface area contributed by atoms with Gasteiger partial charge in [0.15, 0.2) is 9.84 Å². The Balaban J connectivity index is 3.08. The fraction of sp³-hybridized carbons (Fsp3) is 0.500. The average molecular weight is 335 g/mol. The molecule has 120 valence electrons. The largest absolute Gasteiger partial charge is 0.397 e. The lowest BCUT2D eigenvalue weighted by Gasteiger charge is -2.24. The first-order valence-electron chi connectivity index (χ1n) is 6.17. The molecule has 0 bridgehead atoms. The molecule has 0 aromatic heterocycles. The van der Waals surface area contributed by atoms with E-state index < -0.39 is 24.6 Å². The van der Waals surface area contributed by atoms with Gasteiger partial charge in [0.2, 0.25) is 10.0 Å². The first-order valence-corrected chi connectivity index (χ1v) is 9.55. The third-order valence-electron chi connectivity index (χ3n) is 3.31. The second-order valence-electron chi connectivity index (χ2n) is 5.34. The fourth-order valence-corrected chi connectivity index (χ4v) is 2.50. The van der Waals surface area contributed by atoms with Crippen molar-refractivity contribution in [2.24, 2.45) is 0 Å². The Kier molecular flexibility index (Phi) is 4.91. The first kappa shape index (κ1) is 17.7. The van der Waals surface area contributed by atoms with Crippen LogP contribution < -0.4 is 15.8 Å². The van der Waals surface area contributed by atoms with Gasteiger partial charge in [-0.3, -0.25) is 0 Å². The standard InChI is InChI=1S/C12H21N3O4S2/c1-12(2,20(4,16)17)8-15-11-7-9(5-6-10(11)13)21(18,19)14-3/h5-7,14-15H,8,13H2,1-4H3. The van der Waals surface area contributed by atoms with Crippen LogP contribution in [0.4, 0.5) is 11.4 Å². The predicted molar refractivity (Wildman–Crippen MR) is 84.5 cm³/mol. The zero-order valence-electron chi connectivity index (χ0n) is 12.5. The molecule has 0 amide bonds. The van der Waals surface area contributed by atoms with Crippen molar-refractivity contribution in [3.8, 4) is 0 Å². The summed E-state index contributed by atoms with van der Waals surface area (Å²) >= 11 is 0. The van der Waals surface area contributed by atoms with Gasteiger partial charge in [-0.1, -0.05) is 0 Å². The molecule has 1 aromatic carbocycles. The Morgan fingerprint density at radius 3 is 2.24 bits per heavy atom. The molecule has 0 aliphatic carbocycles. The van der Waals surface area contributed by atoms with Gasteiger partial charge < -0.3 is 11.1 Å². The highest BCUT2D eigenvalue weighted by Gasteiger charge is 2.30. The van der Waals surface area contributed by atoms with Gasteiger partial charge in [-0.25, -0.2) is 21.6 Å². The number of anilines is 2. The van der Waals surface area contributed by atoms with Crippen LogP contribution >= 0.6 is 0 Å². The highest BCUT2D eigenvalue weighted by Crippen LogP contribution is 2.24. The van der Waals surface area contributed by atoms with E-state index in [1.165, 1.54) is 25.2 Å². The number of rotatable bonds is 6. The molecule has 1 aromatic rings. The summed E-state index contributed by atoms with van der Waals surface area (Å²) in [5.74, 6) is 0. The molecular formula is C12H21N3O4S2. The molecule has 4 N–H and O–H groups in total. The van der Waals surface area contributed by atoms with E-state index in [0.29, 0.717) is 11.4 Å².